The van der Waals surface area contributed by atoms with Crippen molar-refractivity contribution in [1.82, 2.24) is 4.90 Å². The molecule has 2 aromatic rings. The minimum Gasteiger partial charge on any atom is -0.504 e. The fraction of sp³-hybridized carbons (Fsp3) is 0.348. The molecular formula is C23H26N2O6. The molecule has 164 valence electrons. The molecule has 1 N–H and O–H groups in total. The van der Waals surface area contributed by atoms with Crippen molar-refractivity contribution in [3.8, 4) is 11.5 Å². The zero-order valence-electron chi connectivity index (χ0n) is 17.4. The Morgan fingerprint density at radius 2 is 1.94 bits per heavy atom. The molecule has 3 rings (SSSR count). The average molecular weight is 426 g/mol. The van der Waals surface area contributed by atoms with Gasteiger partial charge in [-0.2, -0.15) is 0 Å². The second-order valence-electron chi connectivity index (χ2n) is 7.54. The van der Waals surface area contributed by atoms with Gasteiger partial charge in [0.1, 0.15) is 0 Å². The summed E-state index contributed by atoms with van der Waals surface area (Å²) in [6.45, 7) is 2.92. The fourth-order valence-corrected chi connectivity index (χ4v) is 3.50. The van der Waals surface area contributed by atoms with Crippen LogP contribution in [0.4, 0.5) is 5.69 Å². The number of carbonyl (C=O) groups is 1. The van der Waals surface area contributed by atoms with Crippen molar-refractivity contribution >= 4 is 17.7 Å². The Labute approximate surface area is 180 Å². The van der Waals surface area contributed by atoms with Gasteiger partial charge < -0.3 is 14.6 Å². The van der Waals surface area contributed by atoms with Crippen LogP contribution in [0.1, 0.15) is 24.0 Å². The van der Waals surface area contributed by atoms with Crippen LogP contribution in [-0.4, -0.2) is 47.7 Å². The standard InChI is InChI=1S/C23H26N2O6/c1-30-22-14-17(4-8-21(22)26)5-9-23(27)31-16-19-10-12-24(13-11-19)15-18-2-6-20(7-3-18)25(28)29/h2-9,14,19,26H,10-13,15-16H2,1H3/b9-5+. The van der Waals surface area contributed by atoms with Crippen molar-refractivity contribution in [3.05, 3.63) is 69.8 Å². The molecule has 0 radical (unpaired) electrons. The minimum absolute atomic E-state index is 0.0437. The number of phenolic OH excluding ortho intramolecular Hbond substituents is 1. The molecule has 0 aromatic heterocycles. The molecule has 0 spiro atoms. The number of phenols is 1. The van der Waals surface area contributed by atoms with E-state index >= 15 is 0 Å². The summed E-state index contributed by atoms with van der Waals surface area (Å²) in [6.07, 6.45) is 4.85. The number of benzene rings is 2. The molecule has 2 aromatic carbocycles. The summed E-state index contributed by atoms with van der Waals surface area (Å²) in [4.78, 5) is 24.7. The van der Waals surface area contributed by atoms with Crippen LogP contribution < -0.4 is 4.74 Å². The van der Waals surface area contributed by atoms with Crippen molar-refractivity contribution in [2.75, 3.05) is 26.8 Å². The van der Waals surface area contributed by atoms with E-state index in [2.05, 4.69) is 4.90 Å². The van der Waals surface area contributed by atoms with Gasteiger partial charge in [0, 0.05) is 24.8 Å². The van der Waals surface area contributed by atoms with Gasteiger partial charge in [0.05, 0.1) is 18.6 Å². The first-order valence-corrected chi connectivity index (χ1v) is 10.1. The van der Waals surface area contributed by atoms with Gasteiger partial charge in [-0.15, -0.1) is 0 Å². The number of esters is 1. The number of aromatic hydroxyl groups is 1. The van der Waals surface area contributed by atoms with Crippen LogP contribution in [0.5, 0.6) is 11.5 Å². The fourth-order valence-electron chi connectivity index (χ4n) is 3.50. The van der Waals surface area contributed by atoms with E-state index in [0.29, 0.717) is 18.3 Å². The number of likely N-dealkylation sites (tertiary alicyclic amines) is 1. The average Bonchev–Trinajstić information content (AvgIpc) is 2.78. The van der Waals surface area contributed by atoms with Gasteiger partial charge in [-0.1, -0.05) is 18.2 Å². The molecule has 8 heteroatoms. The molecule has 0 amide bonds. The zero-order chi connectivity index (χ0) is 22.2. The van der Waals surface area contributed by atoms with E-state index in [-0.39, 0.29) is 11.4 Å². The number of methoxy groups -OCH3 is 1. The molecule has 0 atom stereocenters. The Hall–Kier alpha value is -3.39. The summed E-state index contributed by atoms with van der Waals surface area (Å²) >= 11 is 0. The highest BCUT2D eigenvalue weighted by Crippen LogP contribution is 2.26. The molecule has 0 saturated carbocycles. The monoisotopic (exact) mass is 426 g/mol. The van der Waals surface area contributed by atoms with E-state index in [1.54, 1.807) is 30.3 Å². The first-order chi connectivity index (χ1) is 14.9. The highest BCUT2D eigenvalue weighted by atomic mass is 16.6. The van der Waals surface area contributed by atoms with Crippen molar-refractivity contribution in [1.29, 1.82) is 0 Å². The summed E-state index contributed by atoms with van der Waals surface area (Å²) < 4.78 is 10.4. The smallest absolute Gasteiger partial charge is 0.330 e. The summed E-state index contributed by atoms with van der Waals surface area (Å²) in [6, 6.07) is 11.5. The van der Waals surface area contributed by atoms with E-state index in [9.17, 15) is 20.0 Å². The first kappa shape index (κ1) is 22.3. The lowest BCUT2D eigenvalue weighted by Crippen LogP contribution is -2.34. The molecule has 1 aliphatic heterocycles. The first-order valence-electron chi connectivity index (χ1n) is 10.1. The van der Waals surface area contributed by atoms with Crippen LogP contribution in [0.2, 0.25) is 0 Å². The van der Waals surface area contributed by atoms with E-state index in [1.807, 2.05) is 0 Å². The van der Waals surface area contributed by atoms with Crippen LogP contribution in [0.15, 0.2) is 48.5 Å². The Morgan fingerprint density at radius 1 is 1.23 bits per heavy atom. The van der Waals surface area contributed by atoms with Crippen molar-refractivity contribution < 1.29 is 24.3 Å². The Balaban J connectivity index is 1.39. The lowest BCUT2D eigenvalue weighted by atomic mass is 9.97. The quantitative estimate of drug-likeness (QED) is 0.297. The number of rotatable bonds is 8. The highest BCUT2D eigenvalue weighted by molar-refractivity contribution is 5.87. The normalized spacial score (nSPS) is 15.1. The molecule has 0 unspecified atom stereocenters. The number of piperidine rings is 1. The Morgan fingerprint density at radius 3 is 2.58 bits per heavy atom. The Kier molecular flexibility index (Phi) is 7.61. The maximum atomic E-state index is 12.0. The van der Waals surface area contributed by atoms with Gasteiger partial charge in [0.2, 0.25) is 0 Å². The molecular weight excluding hydrogens is 400 g/mol. The third-order valence-electron chi connectivity index (χ3n) is 5.34. The Bertz CT molecular complexity index is 934. The highest BCUT2D eigenvalue weighted by Gasteiger charge is 2.20. The molecule has 8 nitrogen and oxygen atoms in total. The summed E-state index contributed by atoms with van der Waals surface area (Å²) in [7, 11) is 1.47. The third kappa shape index (κ3) is 6.55. The largest absolute Gasteiger partial charge is 0.504 e. The maximum absolute atomic E-state index is 12.0. The topological polar surface area (TPSA) is 102 Å². The predicted octanol–water partition coefficient (Wildman–Crippen LogP) is 3.78. The van der Waals surface area contributed by atoms with Gasteiger partial charge in [-0.25, -0.2) is 4.79 Å². The van der Waals surface area contributed by atoms with Crippen LogP contribution in [0.3, 0.4) is 0 Å². The van der Waals surface area contributed by atoms with Crippen LogP contribution >= 0.6 is 0 Å². The van der Waals surface area contributed by atoms with Gasteiger partial charge in [-0.05, 0) is 61.2 Å². The molecule has 1 aliphatic rings. The van der Waals surface area contributed by atoms with Gasteiger partial charge in [0.25, 0.3) is 5.69 Å². The van der Waals surface area contributed by atoms with E-state index < -0.39 is 10.9 Å². The van der Waals surface area contributed by atoms with E-state index in [0.717, 1.165) is 43.6 Å². The number of hydrogen-bond acceptors (Lipinski definition) is 7. The number of nitrogens with zero attached hydrogens (tertiary/aromatic N) is 2. The zero-order valence-corrected chi connectivity index (χ0v) is 17.4. The molecule has 1 fully saturated rings. The second-order valence-corrected chi connectivity index (χ2v) is 7.54. The van der Waals surface area contributed by atoms with E-state index in [4.69, 9.17) is 9.47 Å². The van der Waals surface area contributed by atoms with Crippen LogP contribution in [0, 0.1) is 16.0 Å². The molecule has 1 saturated heterocycles. The lowest BCUT2D eigenvalue weighted by molar-refractivity contribution is -0.384. The van der Waals surface area contributed by atoms with Gasteiger partial charge in [0.15, 0.2) is 11.5 Å². The van der Waals surface area contributed by atoms with Gasteiger partial charge >= 0.3 is 5.97 Å². The molecule has 0 aliphatic carbocycles. The summed E-state index contributed by atoms with van der Waals surface area (Å²) in [5, 5.41) is 20.3. The number of hydrogen-bond donors (Lipinski definition) is 1. The lowest BCUT2D eigenvalue weighted by Gasteiger charge is -2.31. The number of non-ortho nitro benzene ring substituents is 1. The number of nitro groups is 1. The predicted molar refractivity (Wildman–Crippen MR) is 116 cm³/mol. The van der Waals surface area contributed by atoms with E-state index in [1.165, 1.54) is 31.4 Å². The van der Waals surface area contributed by atoms with Crippen molar-refractivity contribution in [2.24, 2.45) is 5.92 Å². The molecule has 0 bridgehead atoms. The number of ether oxygens (including phenoxy) is 2. The number of carbonyl (C=O) groups excluding carboxylic acids is 1. The number of nitro benzene ring substituents is 1. The summed E-state index contributed by atoms with van der Waals surface area (Å²) in [5.74, 6) is 0.303. The SMILES string of the molecule is COc1cc(/C=C/C(=O)OCC2CCN(Cc3ccc([N+](=O)[O-])cc3)CC2)ccc1O. The third-order valence-corrected chi connectivity index (χ3v) is 5.34. The summed E-state index contributed by atoms with van der Waals surface area (Å²) in [5.41, 5.74) is 1.88. The van der Waals surface area contributed by atoms with Gasteiger partial charge in [-0.3, -0.25) is 15.0 Å². The molecule has 31 heavy (non-hydrogen) atoms. The maximum Gasteiger partial charge on any atom is 0.330 e. The molecule has 1 heterocycles. The minimum atomic E-state index is -0.402. The van der Waals surface area contributed by atoms with Crippen molar-refractivity contribution in [2.45, 2.75) is 19.4 Å². The van der Waals surface area contributed by atoms with Crippen LogP contribution in [0.25, 0.3) is 6.08 Å². The second kappa shape index (κ2) is 10.6. The van der Waals surface area contributed by atoms with Crippen LogP contribution in [-0.2, 0) is 16.1 Å². The van der Waals surface area contributed by atoms with Crippen molar-refractivity contribution in [3.63, 3.8) is 0 Å².